The van der Waals surface area contributed by atoms with Gasteiger partial charge in [-0.15, -0.1) is 0 Å². The standard InChI is InChI=1S/C24H23ClN2O2/c1-15-6-8-16(9-7-15)24-26-21(17-4-3-5-19(12-17)29-2)14-22(27-24)20-13-18(25)10-11-23(20)28/h3-13,22,24,27-28H,14H2,1-2H3. The van der Waals surface area contributed by atoms with E-state index in [1.165, 1.54) is 5.56 Å². The van der Waals surface area contributed by atoms with E-state index in [4.69, 9.17) is 21.3 Å². The fourth-order valence-electron chi connectivity index (χ4n) is 3.61. The van der Waals surface area contributed by atoms with Gasteiger partial charge in [0, 0.05) is 28.8 Å². The number of nitrogens with zero attached hydrogens (tertiary/aromatic N) is 1. The molecule has 0 aromatic heterocycles. The number of nitrogens with one attached hydrogen (secondary N) is 1. The van der Waals surface area contributed by atoms with Gasteiger partial charge in [0.1, 0.15) is 17.7 Å². The van der Waals surface area contributed by atoms with Crippen molar-refractivity contribution >= 4 is 17.3 Å². The van der Waals surface area contributed by atoms with Gasteiger partial charge in [0.2, 0.25) is 0 Å². The van der Waals surface area contributed by atoms with E-state index in [9.17, 15) is 5.11 Å². The average molecular weight is 407 g/mol. The molecule has 0 saturated carbocycles. The molecule has 2 unspecified atom stereocenters. The molecule has 0 fully saturated rings. The smallest absolute Gasteiger partial charge is 0.126 e. The predicted octanol–water partition coefficient (Wildman–Crippen LogP) is 5.59. The number of rotatable bonds is 4. The Balaban J connectivity index is 1.77. The molecule has 1 aliphatic rings. The van der Waals surface area contributed by atoms with E-state index in [0.29, 0.717) is 11.4 Å². The van der Waals surface area contributed by atoms with Crippen LogP contribution in [0.4, 0.5) is 0 Å². The van der Waals surface area contributed by atoms with Gasteiger partial charge in [-0.2, -0.15) is 0 Å². The second kappa shape index (κ2) is 8.27. The maximum absolute atomic E-state index is 10.5. The monoisotopic (exact) mass is 406 g/mol. The van der Waals surface area contributed by atoms with Crippen molar-refractivity contribution in [3.63, 3.8) is 0 Å². The molecule has 0 amide bonds. The largest absolute Gasteiger partial charge is 0.508 e. The summed E-state index contributed by atoms with van der Waals surface area (Å²) in [5.41, 5.74) is 5.00. The summed E-state index contributed by atoms with van der Waals surface area (Å²) in [4.78, 5) is 4.99. The lowest BCUT2D eigenvalue weighted by Gasteiger charge is -2.31. The van der Waals surface area contributed by atoms with E-state index in [-0.39, 0.29) is 18.0 Å². The van der Waals surface area contributed by atoms with Crippen molar-refractivity contribution in [1.82, 2.24) is 5.32 Å². The third-order valence-electron chi connectivity index (χ3n) is 5.20. The van der Waals surface area contributed by atoms with Crippen LogP contribution in [-0.2, 0) is 0 Å². The van der Waals surface area contributed by atoms with Gasteiger partial charge in [0.25, 0.3) is 0 Å². The number of halogens is 1. The van der Waals surface area contributed by atoms with Crippen molar-refractivity contribution < 1.29 is 9.84 Å². The van der Waals surface area contributed by atoms with Crippen molar-refractivity contribution in [3.05, 3.63) is 94.0 Å². The van der Waals surface area contributed by atoms with Gasteiger partial charge >= 0.3 is 0 Å². The van der Waals surface area contributed by atoms with Crippen LogP contribution in [-0.4, -0.2) is 17.9 Å². The minimum absolute atomic E-state index is 0.126. The first-order valence-electron chi connectivity index (χ1n) is 9.55. The molecule has 5 heteroatoms. The number of aryl methyl sites for hydroxylation is 1. The van der Waals surface area contributed by atoms with Gasteiger partial charge in [0.05, 0.1) is 7.11 Å². The molecule has 1 heterocycles. The van der Waals surface area contributed by atoms with Crippen molar-refractivity contribution in [2.45, 2.75) is 25.6 Å². The van der Waals surface area contributed by atoms with Crippen LogP contribution in [0.15, 0.2) is 71.7 Å². The molecule has 0 aliphatic carbocycles. The lowest BCUT2D eigenvalue weighted by molar-refractivity contribution is 0.411. The molecule has 2 N–H and O–H groups in total. The molecule has 148 valence electrons. The Morgan fingerprint density at radius 2 is 1.86 bits per heavy atom. The summed E-state index contributed by atoms with van der Waals surface area (Å²) in [6.45, 7) is 2.07. The zero-order valence-electron chi connectivity index (χ0n) is 16.4. The normalized spacial score (nSPS) is 18.9. The highest BCUT2D eigenvalue weighted by atomic mass is 35.5. The first-order valence-corrected chi connectivity index (χ1v) is 9.93. The summed E-state index contributed by atoms with van der Waals surface area (Å²) >= 11 is 6.21. The number of ether oxygens (including phenoxy) is 1. The summed E-state index contributed by atoms with van der Waals surface area (Å²) in [5, 5.41) is 14.6. The highest BCUT2D eigenvalue weighted by Gasteiger charge is 2.28. The van der Waals surface area contributed by atoms with Gasteiger partial charge < -0.3 is 9.84 Å². The Morgan fingerprint density at radius 3 is 2.62 bits per heavy atom. The predicted molar refractivity (Wildman–Crippen MR) is 117 cm³/mol. The van der Waals surface area contributed by atoms with Crippen LogP contribution in [0.2, 0.25) is 5.02 Å². The van der Waals surface area contributed by atoms with Crippen molar-refractivity contribution in [3.8, 4) is 11.5 Å². The zero-order chi connectivity index (χ0) is 20.4. The highest BCUT2D eigenvalue weighted by molar-refractivity contribution is 6.30. The Bertz CT molecular complexity index is 1050. The van der Waals surface area contributed by atoms with Gasteiger partial charge in [-0.25, -0.2) is 0 Å². The molecule has 3 aromatic carbocycles. The molecule has 3 aromatic rings. The first-order chi connectivity index (χ1) is 14.0. The van der Waals surface area contributed by atoms with Crippen LogP contribution < -0.4 is 10.1 Å². The number of benzene rings is 3. The SMILES string of the molecule is COc1cccc(C2=NC(c3ccc(C)cc3)NC(c3cc(Cl)ccc3O)C2)c1. The van der Waals surface area contributed by atoms with Gasteiger partial charge in [-0.3, -0.25) is 10.3 Å². The summed E-state index contributed by atoms with van der Waals surface area (Å²) in [5.74, 6) is 1.01. The van der Waals surface area contributed by atoms with Crippen molar-refractivity contribution in [2.75, 3.05) is 7.11 Å². The molecule has 4 nitrogen and oxygen atoms in total. The number of phenols is 1. The van der Waals surface area contributed by atoms with Crippen LogP contribution in [0.5, 0.6) is 11.5 Å². The quantitative estimate of drug-likeness (QED) is 0.594. The van der Waals surface area contributed by atoms with E-state index in [2.05, 4.69) is 36.5 Å². The van der Waals surface area contributed by atoms with Gasteiger partial charge in [-0.05, 0) is 48.4 Å². The molecule has 0 spiro atoms. The minimum atomic E-state index is -0.228. The van der Waals surface area contributed by atoms with Crippen molar-refractivity contribution in [1.29, 1.82) is 0 Å². The molecule has 2 atom stereocenters. The third-order valence-corrected chi connectivity index (χ3v) is 5.44. The molecule has 0 saturated heterocycles. The first kappa shape index (κ1) is 19.5. The average Bonchev–Trinajstić information content (AvgIpc) is 2.75. The number of aliphatic imine (C=N–C) groups is 1. The molecule has 0 radical (unpaired) electrons. The molecule has 1 aliphatic heterocycles. The summed E-state index contributed by atoms with van der Waals surface area (Å²) in [6, 6.07) is 21.3. The Hall–Kier alpha value is -2.82. The maximum Gasteiger partial charge on any atom is 0.126 e. The molecular weight excluding hydrogens is 384 g/mol. The Labute approximate surface area is 175 Å². The van der Waals surface area contributed by atoms with E-state index in [0.717, 1.165) is 28.2 Å². The fourth-order valence-corrected chi connectivity index (χ4v) is 3.79. The number of phenolic OH excluding ortho intramolecular Hbond substituents is 1. The van der Waals surface area contributed by atoms with E-state index in [1.54, 1.807) is 19.2 Å². The van der Waals surface area contributed by atoms with Crippen LogP contribution in [0.25, 0.3) is 0 Å². The topological polar surface area (TPSA) is 53.8 Å². The number of methoxy groups -OCH3 is 1. The molecule has 4 rings (SSSR count). The summed E-state index contributed by atoms with van der Waals surface area (Å²) < 4.78 is 5.39. The summed E-state index contributed by atoms with van der Waals surface area (Å²) in [7, 11) is 1.66. The molecule has 0 bridgehead atoms. The van der Waals surface area contributed by atoms with Crippen LogP contribution in [0, 0.1) is 6.92 Å². The highest BCUT2D eigenvalue weighted by Crippen LogP contribution is 2.36. The lowest BCUT2D eigenvalue weighted by atomic mass is 9.93. The lowest BCUT2D eigenvalue weighted by Crippen LogP contribution is -2.33. The zero-order valence-corrected chi connectivity index (χ0v) is 17.1. The Morgan fingerprint density at radius 1 is 1.07 bits per heavy atom. The number of hydrogen-bond donors (Lipinski definition) is 2. The van der Waals surface area contributed by atoms with Crippen LogP contribution in [0.1, 0.15) is 40.9 Å². The molecular formula is C24H23ClN2O2. The minimum Gasteiger partial charge on any atom is -0.508 e. The number of aromatic hydroxyl groups is 1. The molecule has 29 heavy (non-hydrogen) atoms. The van der Waals surface area contributed by atoms with Crippen LogP contribution in [0.3, 0.4) is 0 Å². The third kappa shape index (κ3) is 4.29. The van der Waals surface area contributed by atoms with Crippen LogP contribution >= 0.6 is 11.6 Å². The second-order valence-corrected chi connectivity index (χ2v) is 7.68. The second-order valence-electron chi connectivity index (χ2n) is 7.25. The maximum atomic E-state index is 10.5. The van der Waals surface area contributed by atoms with E-state index in [1.807, 2.05) is 30.3 Å². The van der Waals surface area contributed by atoms with Crippen molar-refractivity contribution in [2.24, 2.45) is 4.99 Å². The van der Waals surface area contributed by atoms with Gasteiger partial charge in [0.15, 0.2) is 0 Å². The summed E-state index contributed by atoms with van der Waals surface area (Å²) in [6.07, 6.45) is 0.401. The Kier molecular flexibility index (Phi) is 5.56. The fraction of sp³-hybridized carbons (Fsp3) is 0.208. The number of hydrogen-bond acceptors (Lipinski definition) is 4. The van der Waals surface area contributed by atoms with E-state index >= 15 is 0 Å². The van der Waals surface area contributed by atoms with Gasteiger partial charge in [-0.1, -0.05) is 53.6 Å². The van der Waals surface area contributed by atoms with E-state index < -0.39 is 0 Å².